The maximum atomic E-state index is 12.7. The number of aromatic hydroxyl groups is 1. The zero-order valence-corrected chi connectivity index (χ0v) is 38.8. The Morgan fingerprint density at radius 2 is 0.630 bits per heavy atom. The van der Waals surface area contributed by atoms with Crippen molar-refractivity contribution >= 4 is 44.9 Å². The maximum absolute atomic E-state index is 12.7. The topological polar surface area (TPSA) is 82.1 Å². The molecule has 11 aromatic carbocycles. The van der Waals surface area contributed by atoms with Crippen molar-refractivity contribution in [3.8, 4) is 97.0 Å². The van der Waals surface area contributed by atoms with E-state index in [1.165, 1.54) is 0 Å². The quantitative estimate of drug-likeness (QED) is 0.160. The number of phenolic OH excluding ortho intramolecular Hbond substituents is 1. The highest BCUT2D eigenvalue weighted by molar-refractivity contribution is 5.98. The van der Waals surface area contributed by atoms with E-state index in [1.807, 2.05) is 164 Å². The van der Waals surface area contributed by atoms with Gasteiger partial charge in [0, 0.05) is 35.1 Å². The molecule has 14 rings (SSSR count). The highest BCUT2D eigenvalue weighted by atomic mass is 16.6. The molecule has 73 heavy (non-hydrogen) atoms. The first-order valence-electron chi connectivity index (χ1n) is 23.9. The van der Waals surface area contributed by atoms with Crippen molar-refractivity contribution in [2.45, 2.75) is 0 Å². The number of hydrogen-bond donors (Lipinski definition) is 1. The van der Waals surface area contributed by atoms with E-state index < -0.39 is 0 Å². The molecule has 0 fully saturated rings. The number of para-hydroxylation sites is 7. The van der Waals surface area contributed by atoms with Gasteiger partial charge in [-0.25, -0.2) is 0 Å². The standard InChI is InChI=1S/C64H40N2O7/c67-51-36-44(41-24-26-46(27-25-41)65(45-14-2-1-3-15-45)47-28-31-58-61(37-47)71-55-19-9-6-16-52(55)68-58)35-50(64(51)43-23-22-40-12-4-5-13-42(40)34-43)66(48-29-32-59-62(38-48)72-56-20-10-7-17-53(56)69-59)49-30-33-60-63(39-49)73-57-21-11-8-18-54(57)70-60/h1-39,67H. The largest absolute Gasteiger partial charge is 0.507 e. The number of anilines is 6. The van der Waals surface area contributed by atoms with Crippen LogP contribution in [-0.4, -0.2) is 5.11 Å². The Balaban J connectivity index is 0.921. The van der Waals surface area contributed by atoms with Crippen LogP contribution < -0.4 is 38.2 Å². The lowest BCUT2D eigenvalue weighted by Gasteiger charge is -2.31. The molecule has 0 saturated carbocycles. The minimum atomic E-state index is 0.0959. The SMILES string of the molecule is Oc1cc(-c2ccc(N(c3ccccc3)c3ccc4c(c3)Oc3ccccc3O4)cc2)cc(N(c2ccc3c(c2)Oc2ccccc2O3)c2ccc3c(c2)Oc2ccccc2O3)c1-c1ccc2ccccc2c1. The molecular formula is C64H40N2O7. The molecule has 0 aromatic heterocycles. The Labute approximate surface area is 420 Å². The van der Waals surface area contributed by atoms with Gasteiger partial charge >= 0.3 is 0 Å². The predicted molar refractivity (Wildman–Crippen MR) is 286 cm³/mol. The Bertz CT molecular complexity index is 3870. The zero-order chi connectivity index (χ0) is 48.4. The average molecular weight is 949 g/mol. The van der Waals surface area contributed by atoms with Gasteiger partial charge in [0.15, 0.2) is 69.0 Å². The summed E-state index contributed by atoms with van der Waals surface area (Å²) in [6.07, 6.45) is 0. The van der Waals surface area contributed by atoms with Gasteiger partial charge in [0.1, 0.15) is 5.75 Å². The van der Waals surface area contributed by atoms with Gasteiger partial charge in [0.25, 0.3) is 0 Å². The van der Waals surface area contributed by atoms with Crippen molar-refractivity contribution in [3.63, 3.8) is 0 Å². The van der Waals surface area contributed by atoms with Crippen LogP contribution in [0.3, 0.4) is 0 Å². The Morgan fingerprint density at radius 3 is 1.14 bits per heavy atom. The number of hydrogen-bond acceptors (Lipinski definition) is 9. The third-order valence-electron chi connectivity index (χ3n) is 13.3. The summed E-state index contributed by atoms with van der Waals surface area (Å²) < 4.78 is 38.3. The normalized spacial score (nSPS) is 12.3. The second-order valence-electron chi connectivity index (χ2n) is 17.9. The summed E-state index contributed by atoms with van der Waals surface area (Å²) in [7, 11) is 0. The van der Waals surface area contributed by atoms with Crippen LogP contribution in [0, 0.1) is 0 Å². The predicted octanol–water partition coefficient (Wildman–Crippen LogP) is 18.5. The van der Waals surface area contributed by atoms with Crippen LogP contribution in [0.15, 0.2) is 237 Å². The molecule has 0 bridgehead atoms. The number of nitrogens with zero attached hydrogens (tertiary/aromatic N) is 2. The fourth-order valence-electron chi connectivity index (χ4n) is 9.82. The molecule has 11 aromatic rings. The molecule has 0 aliphatic carbocycles. The van der Waals surface area contributed by atoms with Crippen molar-refractivity contribution in [2.24, 2.45) is 0 Å². The second kappa shape index (κ2) is 17.1. The summed E-state index contributed by atoms with van der Waals surface area (Å²) in [6, 6.07) is 77.7. The van der Waals surface area contributed by atoms with Crippen molar-refractivity contribution in [3.05, 3.63) is 237 Å². The fraction of sp³-hybridized carbons (Fsp3) is 0. The zero-order valence-electron chi connectivity index (χ0n) is 38.8. The van der Waals surface area contributed by atoms with Gasteiger partial charge in [-0.3, -0.25) is 0 Å². The fourth-order valence-corrected chi connectivity index (χ4v) is 9.82. The number of fused-ring (bicyclic) bond motifs is 7. The van der Waals surface area contributed by atoms with Crippen LogP contribution in [0.5, 0.6) is 74.7 Å². The molecule has 9 heteroatoms. The third kappa shape index (κ3) is 7.51. The first-order valence-corrected chi connectivity index (χ1v) is 23.9. The number of phenols is 1. The van der Waals surface area contributed by atoms with Crippen LogP contribution in [0.1, 0.15) is 0 Å². The van der Waals surface area contributed by atoms with Gasteiger partial charge in [0.2, 0.25) is 0 Å². The lowest BCUT2D eigenvalue weighted by molar-refractivity contribution is 0.359. The lowest BCUT2D eigenvalue weighted by atomic mass is 9.94. The van der Waals surface area contributed by atoms with E-state index in [0.717, 1.165) is 55.9 Å². The molecule has 3 aliphatic heterocycles. The average Bonchev–Trinajstić information content (AvgIpc) is 3.44. The minimum Gasteiger partial charge on any atom is -0.507 e. The van der Waals surface area contributed by atoms with Crippen LogP contribution in [0.4, 0.5) is 34.1 Å². The molecule has 0 unspecified atom stereocenters. The van der Waals surface area contributed by atoms with Crippen molar-refractivity contribution in [2.75, 3.05) is 9.80 Å². The third-order valence-corrected chi connectivity index (χ3v) is 13.3. The summed E-state index contributed by atoms with van der Waals surface area (Å²) in [5, 5.41) is 14.8. The van der Waals surface area contributed by atoms with Crippen LogP contribution in [-0.2, 0) is 0 Å². The summed E-state index contributed by atoms with van der Waals surface area (Å²) in [6.45, 7) is 0. The summed E-state index contributed by atoms with van der Waals surface area (Å²) in [5.41, 5.74) is 8.10. The number of rotatable bonds is 8. The Kier molecular flexibility index (Phi) is 9.78. The van der Waals surface area contributed by atoms with Gasteiger partial charge in [-0.2, -0.15) is 0 Å². The molecule has 0 spiro atoms. The minimum absolute atomic E-state index is 0.0959. The second-order valence-corrected chi connectivity index (χ2v) is 17.9. The van der Waals surface area contributed by atoms with Gasteiger partial charge < -0.3 is 43.3 Å². The maximum Gasteiger partial charge on any atom is 0.172 e. The molecule has 3 aliphatic rings. The smallest absolute Gasteiger partial charge is 0.172 e. The van der Waals surface area contributed by atoms with E-state index >= 15 is 0 Å². The van der Waals surface area contributed by atoms with Gasteiger partial charge in [-0.15, -0.1) is 0 Å². The molecule has 0 atom stereocenters. The monoisotopic (exact) mass is 948 g/mol. The first-order chi connectivity index (χ1) is 36.0. The van der Waals surface area contributed by atoms with Gasteiger partial charge in [0.05, 0.1) is 22.7 Å². The Morgan fingerprint density at radius 1 is 0.247 bits per heavy atom. The van der Waals surface area contributed by atoms with Gasteiger partial charge in [-0.05, 0) is 143 Å². The van der Waals surface area contributed by atoms with Crippen LogP contribution in [0.25, 0.3) is 33.0 Å². The molecule has 348 valence electrons. The van der Waals surface area contributed by atoms with E-state index in [2.05, 4.69) is 82.6 Å². The summed E-state index contributed by atoms with van der Waals surface area (Å²) in [4.78, 5) is 4.30. The summed E-state index contributed by atoms with van der Waals surface area (Å²) in [5.74, 6) is 7.45. The van der Waals surface area contributed by atoms with E-state index in [0.29, 0.717) is 80.2 Å². The molecule has 0 saturated heterocycles. The Hall–Kier alpha value is -10.1. The molecular weight excluding hydrogens is 909 g/mol. The van der Waals surface area contributed by atoms with E-state index in [1.54, 1.807) is 0 Å². The lowest BCUT2D eigenvalue weighted by Crippen LogP contribution is -2.13. The number of benzene rings is 11. The first kappa shape index (κ1) is 41.8. The van der Waals surface area contributed by atoms with Gasteiger partial charge in [-0.1, -0.05) is 103 Å². The van der Waals surface area contributed by atoms with Crippen LogP contribution >= 0.6 is 0 Å². The number of ether oxygens (including phenoxy) is 6. The van der Waals surface area contributed by atoms with Crippen molar-refractivity contribution < 1.29 is 33.5 Å². The van der Waals surface area contributed by atoms with E-state index in [9.17, 15) is 5.11 Å². The van der Waals surface area contributed by atoms with Crippen molar-refractivity contribution in [1.29, 1.82) is 0 Å². The van der Waals surface area contributed by atoms with E-state index in [-0.39, 0.29) is 5.75 Å². The molecule has 3 heterocycles. The van der Waals surface area contributed by atoms with Crippen molar-refractivity contribution in [1.82, 2.24) is 0 Å². The highest BCUT2D eigenvalue weighted by Crippen LogP contribution is 2.54. The summed E-state index contributed by atoms with van der Waals surface area (Å²) >= 11 is 0. The molecule has 0 amide bonds. The van der Waals surface area contributed by atoms with Crippen LogP contribution in [0.2, 0.25) is 0 Å². The molecule has 0 radical (unpaired) electrons. The molecule has 1 N–H and O–H groups in total. The molecule has 9 nitrogen and oxygen atoms in total. The highest BCUT2D eigenvalue weighted by Gasteiger charge is 2.28. The van der Waals surface area contributed by atoms with E-state index in [4.69, 9.17) is 28.4 Å².